The van der Waals surface area contributed by atoms with E-state index in [2.05, 4.69) is 19.8 Å². The summed E-state index contributed by atoms with van der Waals surface area (Å²) < 4.78 is 0. The zero-order valence-corrected chi connectivity index (χ0v) is 18.4. The van der Waals surface area contributed by atoms with E-state index in [0.717, 1.165) is 67.1 Å². The normalized spacial score (nSPS) is 25.7. The lowest BCUT2D eigenvalue weighted by Crippen LogP contribution is -2.44. The first-order valence-corrected chi connectivity index (χ1v) is 11.9. The number of pyridine rings is 2. The van der Waals surface area contributed by atoms with Gasteiger partial charge in [-0.15, -0.1) is 0 Å². The van der Waals surface area contributed by atoms with Gasteiger partial charge in [-0.25, -0.2) is 9.97 Å². The van der Waals surface area contributed by atoms with E-state index in [-0.39, 0.29) is 6.10 Å². The molecule has 7 nitrogen and oxygen atoms in total. The van der Waals surface area contributed by atoms with Crippen LogP contribution >= 0.6 is 0 Å². The summed E-state index contributed by atoms with van der Waals surface area (Å²) in [6, 6.07) is 6.33. The molecule has 3 aliphatic rings. The largest absolute Gasteiger partial charge is 0.391 e. The maximum absolute atomic E-state index is 10.4. The molecular formula is C25H30N6O. The Morgan fingerprint density at radius 3 is 2.47 bits per heavy atom. The predicted molar refractivity (Wildman–Crippen MR) is 124 cm³/mol. The maximum Gasteiger partial charge on any atom is 0.162 e. The van der Waals surface area contributed by atoms with Crippen molar-refractivity contribution < 1.29 is 5.11 Å². The third-order valence-electron chi connectivity index (χ3n) is 7.92. The lowest BCUT2D eigenvalue weighted by molar-refractivity contribution is 0.0743. The van der Waals surface area contributed by atoms with Crippen LogP contribution in [0.4, 0.5) is 5.82 Å². The van der Waals surface area contributed by atoms with Crippen LogP contribution in [0.25, 0.3) is 22.3 Å². The summed E-state index contributed by atoms with van der Waals surface area (Å²) in [4.78, 5) is 23.2. The molecule has 2 aliphatic heterocycles. The van der Waals surface area contributed by atoms with Gasteiger partial charge in [0.2, 0.25) is 0 Å². The highest BCUT2D eigenvalue weighted by Gasteiger charge is 2.44. The summed E-state index contributed by atoms with van der Waals surface area (Å²) in [5, 5.41) is 11.4. The molecule has 6 rings (SSSR count). The van der Waals surface area contributed by atoms with E-state index in [0.29, 0.717) is 11.5 Å². The molecule has 1 aliphatic carbocycles. The number of aromatic nitrogens is 4. The standard InChI is InChI=1S/C25H30N6O/c32-22-3-1-2-21(22)31-15-9-25(17-31)7-13-30(14-8-25)24-19-6-12-27-16-20(19)28-23(29-24)18-4-10-26-11-5-18/h4-6,10-12,16,21-22,32H,1-3,7-9,13-15,17H2/t21-,22-/m1/s1. The first kappa shape index (κ1) is 20.0. The molecule has 7 heteroatoms. The summed E-state index contributed by atoms with van der Waals surface area (Å²) in [5.74, 6) is 1.74. The van der Waals surface area contributed by atoms with Crippen LogP contribution < -0.4 is 4.90 Å². The Kier molecular flexibility index (Phi) is 5.03. The van der Waals surface area contributed by atoms with Crippen LogP contribution in [0.15, 0.2) is 43.0 Å². The molecule has 0 amide bonds. The van der Waals surface area contributed by atoms with Crippen LogP contribution in [0, 0.1) is 5.41 Å². The van der Waals surface area contributed by atoms with E-state index in [1.807, 2.05) is 30.6 Å². The summed E-state index contributed by atoms with van der Waals surface area (Å²) in [5.41, 5.74) is 2.24. The minimum absolute atomic E-state index is 0.127. The number of anilines is 1. The first-order chi connectivity index (χ1) is 15.7. The smallest absolute Gasteiger partial charge is 0.162 e. The fourth-order valence-corrected chi connectivity index (χ4v) is 6.04. The highest BCUT2D eigenvalue weighted by atomic mass is 16.3. The van der Waals surface area contributed by atoms with Gasteiger partial charge >= 0.3 is 0 Å². The van der Waals surface area contributed by atoms with Crippen LogP contribution in [-0.2, 0) is 0 Å². The molecule has 3 aromatic rings. The molecule has 0 bridgehead atoms. The monoisotopic (exact) mass is 430 g/mol. The molecule has 2 atom stereocenters. The second-order valence-corrected chi connectivity index (χ2v) is 9.77. The fourth-order valence-electron chi connectivity index (χ4n) is 6.04. The number of likely N-dealkylation sites (tertiary alicyclic amines) is 1. The molecule has 166 valence electrons. The van der Waals surface area contributed by atoms with Gasteiger partial charge in [-0.05, 0) is 68.7 Å². The maximum atomic E-state index is 10.4. The average molecular weight is 431 g/mol. The molecule has 5 heterocycles. The van der Waals surface area contributed by atoms with E-state index in [4.69, 9.17) is 9.97 Å². The molecule has 3 fully saturated rings. The van der Waals surface area contributed by atoms with Crippen molar-refractivity contribution in [3.05, 3.63) is 43.0 Å². The first-order valence-electron chi connectivity index (χ1n) is 11.9. The average Bonchev–Trinajstić information content (AvgIpc) is 3.45. The molecule has 0 aromatic carbocycles. The van der Waals surface area contributed by atoms with E-state index < -0.39 is 0 Å². The number of aliphatic hydroxyl groups is 1. The van der Waals surface area contributed by atoms with Gasteiger partial charge in [-0.3, -0.25) is 14.9 Å². The second kappa shape index (κ2) is 8.05. The van der Waals surface area contributed by atoms with Gasteiger partial charge in [0, 0.05) is 55.2 Å². The van der Waals surface area contributed by atoms with Gasteiger partial charge in [0.1, 0.15) is 5.82 Å². The Morgan fingerprint density at radius 1 is 0.906 bits per heavy atom. The molecule has 1 saturated carbocycles. The van der Waals surface area contributed by atoms with Crippen LogP contribution in [0.3, 0.4) is 0 Å². The number of aliphatic hydroxyl groups excluding tert-OH is 1. The fraction of sp³-hybridized carbons (Fsp3) is 0.520. The van der Waals surface area contributed by atoms with Crippen molar-refractivity contribution >= 4 is 16.7 Å². The molecular weight excluding hydrogens is 400 g/mol. The summed E-state index contributed by atoms with van der Waals surface area (Å²) >= 11 is 0. The molecule has 0 unspecified atom stereocenters. The minimum Gasteiger partial charge on any atom is -0.391 e. The number of hydrogen-bond acceptors (Lipinski definition) is 7. The van der Waals surface area contributed by atoms with Crippen molar-refractivity contribution in [3.8, 4) is 11.4 Å². The Hall–Kier alpha value is -2.64. The van der Waals surface area contributed by atoms with Crippen LogP contribution in [0.2, 0.25) is 0 Å². The van der Waals surface area contributed by atoms with Gasteiger partial charge in [0.15, 0.2) is 5.82 Å². The summed E-state index contributed by atoms with van der Waals surface area (Å²) in [6.07, 6.45) is 14.0. The molecule has 3 aromatic heterocycles. The lowest BCUT2D eigenvalue weighted by Gasteiger charge is -2.41. The molecule has 32 heavy (non-hydrogen) atoms. The second-order valence-electron chi connectivity index (χ2n) is 9.77. The predicted octanol–water partition coefficient (Wildman–Crippen LogP) is 3.29. The number of rotatable bonds is 3. The molecule has 1 spiro atoms. The Labute approximate surface area is 188 Å². The minimum atomic E-state index is -0.127. The zero-order valence-electron chi connectivity index (χ0n) is 18.4. The Bertz CT molecular complexity index is 1100. The van der Waals surface area contributed by atoms with Crippen molar-refractivity contribution in [1.29, 1.82) is 0 Å². The SMILES string of the molecule is O[C@@H]1CCC[C@H]1N1CCC2(CCN(c3nc(-c4ccncc4)nc4cnccc34)CC2)C1. The van der Waals surface area contributed by atoms with Crippen LogP contribution in [0.5, 0.6) is 0 Å². The van der Waals surface area contributed by atoms with Crippen molar-refractivity contribution in [2.24, 2.45) is 5.41 Å². The van der Waals surface area contributed by atoms with Gasteiger partial charge in [-0.1, -0.05) is 0 Å². The topological polar surface area (TPSA) is 78.3 Å². The number of fused-ring (bicyclic) bond motifs is 1. The van der Waals surface area contributed by atoms with Crippen molar-refractivity contribution in [1.82, 2.24) is 24.8 Å². The van der Waals surface area contributed by atoms with Gasteiger partial charge in [0.05, 0.1) is 17.8 Å². The van der Waals surface area contributed by atoms with Crippen molar-refractivity contribution in [3.63, 3.8) is 0 Å². The number of piperidine rings is 1. The summed E-state index contributed by atoms with van der Waals surface area (Å²) in [7, 11) is 0. The van der Waals surface area contributed by atoms with Crippen LogP contribution in [-0.4, -0.2) is 68.3 Å². The van der Waals surface area contributed by atoms with Crippen molar-refractivity contribution in [2.75, 3.05) is 31.1 Å². The zero-order chi connectivity index (χ0) is 21.5. The van der Waals surface area contributed by atoms with Gasteiger partial charge in [0.25, 0.3) is 0 Å². The van der Waals surface area contributed by atoms with E-state index in [9.17, 15) is 5.11 Å². The van der Waals surface area contributed by atoms with Gasteiger partial charge in [-0.2, -0.15) is 0 Å². The summed E-state index contributed by atoms with van der Waals surface area (Å²) in [6.45, 7) is 4.28. The van der Waals surface area contributed by atoms with Crippen molar-refractivity contribution in [2.45, 2.75) is 50.7 Å². The van der Waals surface area contributed by atoms with Crippen LogP contribution in [0.1, 0.15) is 38.5 Å². The van der Waals surface area contributed by atoms with E-state index in [1.165, 1.54) is 25.7 Å². The number of nitrogens with zero attached hydrogens (tertiary/aromatic N) is 6. The quantitative estimate of drug-likeness (QED) is 0.683. The van der Waals surface area contributed by atoms with Gasteiger partial charge < -0.3 is 10.0 Å². The molecule has 1 N–H and O–H groups in total. The van der Waals surface area contributed by atoms with E-state index in [1.54, 1.807) is 12.4 Å². The Balaban J connectivity index is 1.24. The van der Waals surface area contributed by atoms with E-state index >= 15 is 0 Å². The Morgan fingerprint density at radius 2 is 1.69 bits per heavy atom. The molecule has 0 radical (unpaired) electrons. The third-order valence-corrected chi connectivity index (χ3v) is 7.92. The highest BCUT2D eigenvalue weighted by Crippen LogP contribution is 2.44. The number of hydrogen-bond donors (Lipinski definition) is 1. The highest BCUT2D eigenvalue weighted by molar-refractivity contribution is 5.90. The molecule has 2 saturated heterocycles. The third kappa shape index (κ3) is 3.53. The lowest BCUT2D eigenvalue weighted by atomic mass is 9.77.